The number of ether oxygens (including phenoxy) is 1. The van der Waals surface area contributed by atoms with Gasteiger partial charge in [0.15, 0.2) is 0 Å². The van der Waals surface area contributed by atoms with Gasteiger partial charge in [-0.1, -0.05) is 0 Å². The van der Waals surface area contributed by atoms with E-state index in [1.54, 1.807) is 6.07 Å². The topological polar surface area (TPSA) is 75.6 Å². The maximum absolute atomic E-state index is 14.2. The third-order valence-corrected chi connectivity index (χ3v) is 3.87. The Hall–Kier alpha value is -2.11. The van der Waals surface area contributed by atoms with Crippen molar-refractivity contribution in [1.29, 1.82) is 0 Å². The predicted octanol–water partition coefficient (Wildman–Crippen LogP) is 1.06. The number of hydrogen-bond acceptors (Lipinski definition) is 3. The van der Waals surface area contributed by atoms with Crippen LogP contribution < -0.4 is 10.1 Å². The Labute approximate surface area is 114 Å². The Morgan fingerprint density at radius 1 is 1.45 bits per heavy atom. The largest absolute Gasteiger partial charge is 0.493 e. The van der Waals surface area contributed by atoms with Crippen LogP contribution in [0.2, 0.25) is 0 Å². The van der Waals surface area contributed by atoms with Crippen LogP contribution in [0.3, 0.4) is 0 Å². The molecule has 1 aromatic rings. The van der Waals surface area contributed by atoms with Crippen LogP contribution in [0.15, 0.2) is 12.1 Å². The van der Waals surface area contributed by atoms with Crippen molar-refractivity contribution in [3.63, 3.8) is 0 Å². The van der Waals surface area contributed by atoms with Gasteiger partial charge < -0.3 is 15.2 Å². The second-order valence-corrected chi connectivity index (χ2v) is 5.10. The fourth-order valence-corrected chi connectivity index (χ4v) is 2.87. The minimum Gasteiger partial charge on any atom is -0.493 e. The van der Waals surface area contributed by atoms with Crippen molar-refractivity contribution in [2.75, 3.05) is 13.2 Å². The van der Waals surface area contributed by atoms with Crippen LogP contribution in [0.1, 0.15) is 23.5 Å². The van der Waals surface area contributed by atoms with E-state index in [2.05, 4.69) is 5.32 Å². The average molecular weight is 279 g/mol. The van der Waals surface area contributed by atoms with Crippen molar-refractivity contribution in [1.82, 2.24) is 5.32 Å². The number of carboxylic acids is 1. The van der Waals surface area contributed by atoms with Gasteiger partial charge in [0.1, 0.15) is 17.5 Å². The lowest BCUT2D eigenvalue weighted by Crippen LogP contribution is -2.27. The summed E-state index contributed by atoms with van der Waals surface area (Å²) in [6.45, 7) is 0.708. The van der Waals surface area contributed by atoms with Crippen molar-refractivity contribution in [2.45, 2.75) is 18.8 Å². The fraction of sp³-hybridized carbons (Fsp3) is 0.429. The summed E-state index contributed by atoms with van der Waals surface area (Å²) in [5.74, 6) is -3.69. The van der Waals surface area contributed by atoms with Crippen LogP contribution in [0, 0.1) is 11.7 Å². The zero-order chi connectivity index (χ0) is 14.3. The zero-order valence-corrected chi connectivity index (χ0v) is 10.7. The smallest absolute Gasteiger partial charge is 0.316 e. The third kappa shape index (κ3) is 2.01. The molecule has 20 heavy (non-hydrogen) atoms. The van der Waals surface area contributed by atoms with E-state index in [-0.39, 0.29) is 12.1 Å². The van der Waals surface area contributed by atoms with Crippen LogP contribution in [-0.2, 0) is 16.0 Å². The van der Waals surface area contributed by atoms with E-state index in [1.807, 2.05) is 0 Å². The number of hydrogen-bond donors (Lipinski definition) is 2. The molecule has 5 nitrogen and oxygen atoms in total. The summed E-state index contributed by atoms with van der Waals surface area (Å²) in [5, 5.41) is 11.6. The van der Waals surface area contributed by atoms with Crippen molar-refractivity contribution in [3.05, 3.63) is 29.1 Å². The lowest BCUT2D eigenvalue weighted by Gasteiger charge is -2.21. The normalized spacial score (nSPS) is 24.8. The Balaban J connectivity index is 2.01. The van der Waals surface area contributed by atoms with E-state index in [4.69, 9.17) is 9.84 Å². The number of fused-ring (bicyclic) bond motifs is 1. The van der Waals surface area contributed by atoms with Crippen molar-refractivity contribution < 1.29 is 23.8 Å². The van der Waals surface area contributed by atoms with Gasteiger partial charge in [0.2, 0.25) is 5.91 Å². The number of halogens is 1. The third-order valence-electron chi connectivity index (χ3n) is 3.87. The first kappa shape index (κ1) is 12.9. The molecular weight excluding hydrogens is 265 g/mol. The number of carbonyl (C=O) groups is 2. The van der Waals surface area contributed by atoms with Gasteiger partial charge in [0.05, 0.1) is 6.61 Å². The SMILES string of the molecule is O=C(O)[C@H]1C(=O)NC[C@@H]1c1cc2c(cc1F)OCCC2. The van der Waals surface area contributed by atoms with Crippen LogP contribution >= 0.6 is 0 Å². The minimum atomic E-state index is -1.23. The Kier molecular flexibility index (Phi) is 3.08. The quantitative estimate of drug-likeness (QED) is 0.794. The number of carboxylic acid groups (broad SMARTS) is 1. The molecule has 0 saturated carbocycles. The lowest BCUT2D eigenvalue weighted by atomic mass is 9.86. The van der Waals surface area contributed by atoms with E-state index in [1.165, 1.54) is 6.07 Å². The average Bonchev–Trinajstić information content (AvgIpc) is 2.79. The van der Waals surface area contributed by atoms with E-state index in [9.17, 15) is 14.0 Å². The lowest BCUT2D eigenvalue weighted by molar-refractivity contribution is -0.145. The maximum atomic E-state index is 14.2. The van der Waals surface area contributed by atoms with Gasteiger partial charge in [-0.3, -0.25) is 9.59 Å². The molecule has 2 N–H and O–H groups in total. The number of rotatable bonds is 2. The molecule has 2 heterocycles. The first-order chi connectivity index (χ1) is 9.58. The highest BCUT2D eigenvalue weighted by atomic mass is 19.1. The highest BCUT2D eigenvalue weighted by Gasteiger charge is 2.42. The van der Waals surface area contributed by atoms with Crippen molar-refractivity contribution in [3.8, 4) is 5.75 Å². The number of aliphatic carboxylic acids is 1. The van der Waals surface area contributed by atoms with Crippen molar-refractivity contribution >= 4 is 11.9 Å². The number of benzene rings is 1. The Morgan fingerprint density at radius 2 is 2.25 bits per heavy atom. The summed E-state index contributed by atoms with van der Waals surface area (Å²) in [5.41, 5.74) is 1.15. The standard InChI is InChI=1S/C14H14FNO4/c15-10-5-11-7(2-1-3-20-11)4-8(10)9-6-16-13(17)12(9)14(18)19/h4-5,9,12H,1-3,6H2,(H,16,17)(H,18,19)/t9-,12-/m1/s1. The highest BCUT2D eigenvalue weighted by Crippen LogP contribution is 2.35. The summed E-state index contributed by atoms with van der Waals surface area (Å²) in [6, 6.07) is 2.94. The molecule has 2 aliphatic rings. The number of nitrogens with one attached hydrogen (secondary N) is 1. The number of amides is 1. The molecule has 0 aromatic heterocycles. The Morgan fingerprint density at radius 3 is 3.00 bits per heavy atom. The molecule has 3 rings (SSSR count). The number of carbonyl (C=O) groups excluding carboxylic acids is 1. The summed E-state index contributed by atoms with van der Waals surface area (Å²) in [7, 11) is 0. The molecule has 1 amide bonds. The van der Waals surface area contributed by atoms with Gasteiger partial charge in [-0.15, -0.1) is 0 Å². The van der Waals surface area contributed by atoms with Gasteiger partial charge in [-0.2, -0.15) is 0 Å². The molecule has 106 valence electrons. The van der Waals surface area contributed by atoms with Gasteiger partial charge in [-0.25, -0.2) is 4.39 Å². The zero-order valence-electron chi connectivity index (χ0n) is 10.7. The van der Waals surface area contributed by atoms with Gasteiger partial charge in [0, 0.05) is 18.5 Å². The second-order valence-electron chi connectivity index (χ2n) is 5.10. The molecular formula is C14H14FNO4. The van der Waals surface area contributed by atoms with E-state index in [0.717, 1.165) is 18.4 Å². The molecule has 0 radical (unpaired) electrons. The molecule has 1 saturated heterocycles. The van der Waals surface area contributed by atoms with Crippen LogP contribution in [0.5, 0.6) is 5.75 Å². The van der Waals surface area contributed by atoms with E-state index < -0.39 is 29.5 Å². The molecule has 0 spiro atoms. The summed E-state index contributed by atoms with van der Waals surface area (Å²) < 4.78 is 19.6. The van der Waals surface area contributed by atoms with Crippen LogP contribution in [0.25, 0.3) is 0 Å². The molecule has 0 unspecified atom stereocenters. The molecule has 0 bridgehead atoms. The fourth-order valence-electron chi connectivity index (χ4n) is 2.87. The van der Waals surface area contributed by atoms with Gasteiger partial charge >= 0.3 is 5.97 Å². The maximum Gasteiger partial charge on any atom is 0.316 e. The number of aryl methyl sites for hydroxylation is 1. The van der Waals surface area contributed by atoms with Gasteiger partial charge in [-0.05, 0) is 30.0 Å². The van der Waals surface area contributed by atoms with Gasteiger partial charge in [0.25, 0.3) is 0 Å². The summed E-state index contributed by atoms with van der Waals surface area (Å²) in [6.07, 6.45) is 1.62. The summed E-state index contributed by atoms with van der Waals surface area (Å²) >= 11 is 0. The Bertz CT molecular complexity index is 587. The predicted molar refractivity (Wildman–Crippen MR) is 67.1 cm³/mol. The molecule has 1 fully saturated rings. The van der Waals surface area contributed by atoms with E-state index >= 15 is 0 Å². The van der Waals surface area contributed by atoms with Crippen LogP contribution in [-0.4, -0.2) is 30.1 Å². The first-order valence-corrected chi connectivity index (χ1v) is 6.53. The first-order valence-electron chi connectivity index (χ1n) is 6.53. The monoisotopic (exact) mass is 279 g/mol. The molecule has 2 atom stereocenters. The van der Waals surface area contributed by atoms with Crippen molar-refractivity contribution in [2.24, 2.45) is 5.92 Å². The van der Waals surface area contributed by atoms with Crippen LogP contribution in [0.4, 0.5) is 4.39 Å². The summed E-state index contributed by atoms with van der Waals surface area (Å²) in [4.78, 5) is 22.7. The minimum absolute atomic E-state index is 0.145. The molecule has 0 aliphatic carbocycles. The molecule has 2 aliphatic heterocycles. The molecule has 1 aromatic carbocycles. The molecule has 6 heteroatoms. The van der Waals surface area contributed by atoms with E-state index in [0.29, 0.717) is 12.4 Å². The second kappa shape index (κ2) is 4.77. The highest BCUT2D eigenvalue weighted by molar-refractivity contribution is 5.99.